The molecule has 1 unspecified atom stereocenters. The Kier molecular flexibility index (Phi) is 3.37. The molecule has 5 heteroatoms. The predicted molar refractivity (Wildman–Crippen MR) is 62.4 cm³/mol. The fraction of sp³-hybridized carbons (Fsp3) is 0.0909. The van der Waals surface area contributed by atoms with E-state index in [9.17, 15) is 13.9 Å². The second-order valence-corrected chi connectivity index (χ2v) is 4.85. The van der Waals surface area contributed by atoms with Gasteiger partial charge in [-0.1, -0.05) is 6.07 Å². The van der Waals surface area contributed by atoms with Gasteiger partial charge in [0.25, 0.3) is 0 Å². The Hall–Kier alpha value is -0.780. The minimum Gasteiger partial charge on any atom is -0.384 e. The highest BCUT2D eigenvalue weighted by Crippen LogP contribution is 2.31. The molecule has 0 spiro atoms. The molecule has 0 aliphatic carbocycles. The molecule has 0 aliphatic heterocycles. The molecule has 16 heavy (non-hydrogen) atoms. The molecule has 1 N–H and O–H groups in total. The molecule has 1 nitrogen and oxygen atoms in total. The Bertz CT molecular complexity index is 512. The van der Waals surface area contributed by atoms with Gasteiger partial charge in [-0.15, -0.1) is 0 Å². The van der Waals surface area contributed by atoms with E-state index >= 15 is 0 Å². The molecule has 0 radical (unpaired) electrons. The fourth-order valence-electron chi connectivity index (χ4n) is 1.35. The van der Waals surface area contributed by atoms with Crippen LogP contribution in [0.1, 0.15) is 17.2 Å². The summed E-state index contributed by atoms with van der Waals surface area (Å²) in [4.78, 5) is 0. The zero-order valence-electron chi connectivity index (χ0n) is 7.95. The lowest BCUT2D eigenvalue weighted by Crippen LogP contribution is -2.00. The second-order valence-electron chi connectivity index (χ2n) is 3.25. The average Bonchev–Trinajstić information content (AvgIpc) is 2.67. The normalized spacial score (nSPS) is 12.8. The Morgan fingerprint density at radius 2 is 1.94 bits per heavy atom. The summed E-state index contributed by atoms with van der Waals surface area (Å²) in [5, 5.41) is 13.5. The third-order valence-corrected chi connectivity index (χ3v) is 3.95. The van der Waals surface area contributed by atoms with Crippen molar-refractivity contribution >= 4 is 27.3 Å². The van der Waals surface area contributed by atoms with Gasteiger partial charge in [0, 0.05) is 15.4 Å². The highest BCUT2D eigenvalue weighted by atomic mass is 79.9. The molecule has 0 aliphatic rings. The number of aliphatic hydroxyl groups excluding tert-OH is 1. The first-order valence-electron chi connectivity index (χ1n) is 4.44. The number of benzene rings is 1. The monoisotopic (exact) mass is 304 g/mol. The number of hydrogen-bond donors (Lipinski definition) is 1. The van der Waals surface area contributed by atoms with E-state index in [2.05, 4.69) is 15.9 Å². The minimum absolute atomic E-state index is 0.331. The van der Waals surface area contributed by atoms with Gasteiger partial charge in [0.15, 0.2) is 11.6 Å². The molecule has 0 saturated heterocycles. The van der Waals surface area contributed by atoms with E-state index in [4.69, 9.17) is 0 Å². The Morgan fingerprint density at radius 1 is 1.19 bits per heavy atom. The van der Waals surface area contributed by atoms with Crippen LogP contribution >= 0.6 is 27.3 Å². The van der Waals surface area contributed by atoms with Crippen molar-refractivity contribution < 1.29 is 13.9 Å². The molecular formula is C11H7BrF2OS. The fourth-order valence-corrected chi connectivity index (χ4v) is 2.88. The van der Waals surface area contributed by atoms with Crippen molar-refractivity contribution in [2.75, 3.05) is 0 Å². The van der Waals surface area contributed by atoms with Crippen molar-refractivity contribution in [2.24, 2.45) is 0 Å². The van der Waals surface area contributed by atoms with Crippen molar-refractivity contribution in [3.63, 3.8) is 0 Å². The third kappa shape index (κ3) is 2.16. The summed E-state index contributed by atoms with van der Waals surface area (Å²) in [5.74, 6) is -1.87. The highest BCUT2D eigenvalue weighted by Gasteiger charge is 2.16. The Labute approximate surface area is 103 Å². The van der Waals surface area contributed by atoms with Gasteiger partial charge in [0.05, 0.1) is 0 Å². The van der Waals surface area contributed by atoms with Gasteiger partial charge >= 0.3 is 0 Å². The van der Waals surface area contributed by atoms with Crippen LogP contribution in [0, 0.1) is 11.6 Å². The van der Waals surface area contributed by atoms with Crippen LogP contribution in [0.2, 0.25) is 0 Å². The topological polar surface area (TPSA) is 20.2 Å². The van der Waals surface area contributed by atoms with Crippen molar-refractivity contribution in [1.82, 2.24) is 0 Å². The van der Waals surface area contributed by atoms with Gasteiger partial charge in [0.2, 0.25) is 0 Å². The first kappa shape index (κ1) is 11.7. The molecular weight excluding hydrogens is 298 g/mol. The minimum atomic E-state index is -0.956. The number of thiophene rings is 1. The van der Waals surface area contributed by atoms with Crippen LogP contribution in [0.4, 0.5) is 8.78 Å². The number of hydrogen-bond acceptors (Lipinski definition) is 2. The largest absolute Gasteiger partial charge is 0.384 e. The molecule has 1 aromatic heterocycles. The summed E-state index contributed by atoms with van der Waals surface area (Å²) in [6.45, 7) is 0. The maximum atomic E-state index is 13.0. The zero-order chi connectivity index (χ0) is 11.7. The lowest BCUT2D eigenvalue weighted by atomic mass is 10.0. The van der Waals surface area contributed by atoms with Gasteiger partial charge in [-0.05, 0) is 39.0 Å². The standard InChI is InChI=1S/C11H7BrF2OS/c12-8-5-16-4-7(8)11(15)6-1-2-9(13)10(14)3-6/h1-5,11,15H. The maximum absolute atomic E-state index is 13.0. The Balaban J connectivity index is 2.38. The molecule has 1 aromatic carbocycles. The predicted octanol–water partition coefficient (Wildman–Crippen LogP) is 3.87. The summed E-state index contributed by atoms with van der Waals surface area (Å²) in [6, 6.07) is 3.38. The van der Waals surface area contributed by atoms with Crippen molar-refractivity contribution in [2.45, 2.75) is 6.10 Å². The van der Waals surface area contributed by atoms with Crippen LogP contribution in [0.3, 0.4) is 0 Å². The summed E-state index contributed by atoms with van der Waals surface area (Å²) in [6.07, 6.45) is -0.948. The lowest BCUT2D eigenvalue weighted by molar-refractivity contribution is 0.219. The average molecular weight is 305 g/mol. The molecule has 2 aromatic rings. The van der Waals surface area contributed by atoms with E-state index in [0.29, 0.717) is 11.1 Å². The Morgan fingerprint density at radius 3 is 2.50 bits per heavy atom. The zero-order valence-corrected chi connectivity index (χ0v) is 10.4. The summed E-state index contributed by atoms with van der Waals surface area (Å²) < 4.78 is 26.5. The SMILES string of the molecule is OC(c1ccc(F)c(F)c1)c1cscc1Br. The molecule has 0 fully saturated rings. The van der Waals surface area contributed by atoms with Crippen molar-refractivity contribution in [1.29, 1.82) is 0 Å². The van der Waals surface area contributed by atoms with Crippen LogP contribution in [0.25, 0.3) is 0 Å². The summed E-state index contributed by atoms with van der Waals surface area (Å²) in [7, 11) is 0. The van der Waals surface area contributed by atoms with E-state index in [1.54, 1.807) is 5.38 Å². The quantitative estimate of drug-likeness (QED) is 0.893. The third-order valence-electron chi connectivity index (χ3n) is 2.20. The molecule has 1 atom stereocenters. The van der Waals surface area contributed by atoms with E-state index in [0.717, 1.165) is 16.6 Å². The summed E-state index contributed by atoms with van der Waals surface area (Å²) in [5.41, 5.74) is 0.981. The number of rotatable bonds is 2. The highest BCUT2D eigenvalue weighted by molar-refractivity contribution is 9.10. The van der Waals surface area contributed by atoms with E-state index in [-0.39, 0.29) is 0 Å². The van der Waals surface area contributed by atoms with E-state index in [1.807, 2.05) is 5.38 Å². The maximum Gasteiger partial charge on any atom is 0.159 e. The first-order chi connectivity index (χ1) is 7.59. The number of aliphatic hydroxyl groups is 1. The molecule has 2 rings (SSSR count). The first-order valence-corrected chi connectivity index (χ1v) is 6.18. The van der Waals surface area contributed by atoms with Gasteiger partial charge in [-0.2, -0.15) is 11.3 Å². The van der Waals surface area contributed by atoms with Crippen LogP contribution in [-0.2, 0) is 0 Å². The summed E-state index contributed by atoms with van der Waals surface area (Å²) >= 11 is 4.70. The molecule has 84 valence electrons. The molecule has 0 bridgehead atoms. The van der Waals surface area contributed by atoms with E-state index < -0.39 is 17.7 Å². The van der Waals surface area contributed by atoms with Crippen LogP contribution in [0.15, 0.2) is 33.4 Å². The van der Waals surface area contributed by atoms with Crippen molar-refractivity contribution in [3.05, 3.63) is 56.2 Å². The molecule has 0 amide bonds. The van der Waals surface area contributed by atoms with Gasteiger partial charge < -0.3 is 5.11 Å². The van der Waals surface area contributed by atoms with Gasteiger partial charge in [-0.25, -0.2) is 8.78 Å². The van der Waals surface area contributed by atoms with Crippen LogP contribution in [-0.4, -0.2) is 5.11 Å². The van der Waals surface area contributed by atoms with Crippen LogP contribution in [0.5, 0.6) is 0 Å². The van der Waals surface area contributed by atoms with Gasteiger partial charge in [-0.3, -0.25) is 0 Å². The lowest BCUT2D eigenvalue weighted by Gasteiger charge is -2.10. The van der Waals surface area contributed by atoms with E-state index in [1.165, 1.54) is 17.4 Å². The molecule has 0 saturated carbocycles. The smallest absolute Gasteiger partial charge is 0.159 e. The molecule has 1 heterocycles. The number of halogens is 3. The van der Waals surface area contributed by atoms with Crippen LogP contribution < -0.4 is 0 Å². The van der Waals surface area contributed by atoms with Crippen molar-refractivity contribution in [3.8, 4) is 0 Å². The second kappa shape index (κ2) is 4.61. The van der Waals surface area contributed by atoms with Gasteiger partial charge in [0.1, 0.15) is 6.10 Å².